The maximum absolute atomic E-state index is 11.3. The maximum Gasteiger partial charge on any atom is 0.169 e. The highest BCUT2D eigenvalue weighted by molar-refractivity contribution is 6.04. The van der Waals surface area contributed by atoms with E-state index in [1.807, 2.05) is 0 Å². The van der Waals surface area contributed by atoms with Crippen LogP contribution >= 0.6 is 0 Å². The van der Waals surface area contributed by atoms with Crippen LogP contribution in [0.15, 0.2) is 34.9 Å². The molecule has 1 aromatic heterocycles. The molecule has 0 radical (unpaired) electrons. The van der Waals surface area contributed by atoms with Gasteiger partial charge in [0.05, 0.1) is 12.7 Å². The largest absolute Gasteiger partial charge is 0.464 e. The van der Waals surface area contributed by atoms with Gasteiger partial charge < -0.3 is 9.21 Å². The van der Waals surface area contributed by atoms with Crippen molar-refractivity contribution in [1.29, 1.82) is 0 Å². The van der Waals surface area contributed by atoms with Gasteiger partial charge in [0.1, 0.15) is 11.9 Å². The van der Waals surface area contributed by atoms with Gasteiger partial charge in [-0.3, -0.25) is 4.79 Å². The van der Waals surface area contributed by atoms with Crippen LogP contribution in [0.3, 0.4) is 0 Å². The molecule has 0 spiro atoms. The third-order valence-corrected chi connectivity index (χ3v) is 2.04. The minimum absolute atomic E-state index is 0.0661. The zero-order valence-corrected chi connectivity index (χ0v) is 7.40. The number of carbonyl (C=O) groups is 2. The Morgan fingerprint density at radius 1 is 1.36 bits per heavy atom. The van der Waals surface area contributed by atoms with Crippen molar-refractivity contribution in [3.05, 3.63) is 36.1 Å². The van der Waals surface area contributed by atoms with E-state index in [9.17, 15) is 9.59 Å². The van der Waals surface area contributed by atoms with Gasteiger partial charge in [-0.2, -0.15) is 0 Å². The Kier molecular flexibility index (Phi) is 2.14. The van der Waals surface area contributed by atoms with Crippen molar-refractivity contribution in [3.8, 4) is 0 Å². The van der Waals surface area contributed by atoms with Crippen LogP contribution in [0.25, 0.3) is 11.0 Å². The fraction of sp³-hybridized carbons (Fsp3) is 0.0909. The highest BCUT2D eigenvalue weighted by Crippen LogP contribution is 2.17. The molecule has 14 heavy (non-hydrogen) atoms. The van der Waals surface area contributed by atoms with Crippen LogP contribution in [0.4, 0.5) is 0 Å². The third kappa shape index (κ3) is 1.44. The number of furan rings is 1. The molecule has 0 aliphatic rings. The molecule has 70 valence electrons. The number of fused-ring (bicyclic) bond motifs is 1. The van der Waals surface area contributed by atoms with E-state index in [-0.39, 0.29) is 12.2 Å². The van der Waals surface area contributed by atoms with Crippen molar-refractivity contribution in [2.24, 2.45) is 0 Å². The van der Waals surface area contributed by atoms with E-state index in [1.54, 1.807) is 30.5 Å². The first-order chi connectivity index (χ1) is 6.81. The quantitative estimate of drug-likeness (QED) is 0.421. The van der Waals surface area contributed by atoms with Crippen molar-refractivity contribution in [1.82, 2.24) is 0 Å². The lowest BCUT2D eigenvalue weighted by atomic mass is 10.1. The molecule has 3 nitrogen and oxygen atoms in total. The van der Waals surface area contributed by atoms with Gasteiger partial charge in [-0.1, -0.05) is 0 Å². The monoisotopic (exact) mass is 188 g/mol. The summed E-state index contributed by atoms with van der Waals surface area (Å²) >= 11 is 0. The number of rotatable bonds is 3. The first-order valence-electron chi connectivity index (χ1n) is 4.25. The zero-order valence-electron chi connectivity index (χ0n) is 7.40. The molecule has 0 fully saturated rings. The average Bonchev–Trinajstić information content (AvgIpc) is 2.64. The number of carbonyl (C=O) groups excluding carboxylic acids is 2. The fourth-order valence-electron chi connectivity index (χ4n) is 1.33. The Hall–Kier alpha value is -1.90. The summed E-state index contributed by atoms with van der Waals surface area (Å²) in [6.07, 6.45) is 2.11. The summed E-state index contributed by atoms with van der Waals surface area (Å²) in [5.41, 5.74) is 1.29. The van der Waals surface area contributed by atoms with Crippen LogP contribution in [0, 0.1) is 0 Å². The standard InChI is InChI=1S/C11H8O3/c12-5-3-10(13)8-1-2-11-9(7-8)4-6-14-11/h1-2,4-7H,3H2. The molecular formula is C11H8O3. The van der Waals surface area contributed by atoms with E-state index in [0.29, 0.717) is 11.8 Å². The second kappa shape index (κ2) is 3.46. The minimum atomic E-state index is -0.164. The van der Waals surface area contributed by atoms with Crippen molar-refractivity contribution >= 4 is 23.0 Å². The maximum atomic E-state index is 11.3. The molecule has 1 heterocycles. The highest BCUT2D eigenvalue weighted by Gasteiger charge is 2.06. The van der Waals surface area contributed by atoms with E-state index >= 15 is 0 Å². The number of aldehydes is 1. The first-order valence-corrected chi connectivity index (χ1v) is 4.25. The third-order valence-electron chi connectivity index (χ3n) is 2.04. The Labute approximate surface area is 80.3 Å². The lowest BCUT2D eigenvalue weighted by molar-refractivity contribution is -0.107. The second-order valence-electron chi connectivity index (χ2n) is 2.97. The van der Waals surface area contributed by atoms with Crippen LogP contribution in [0.1, 0.15) is 16.8 Å². The summed E-state index contributed by atoms with van der Waals surface area (Å²) in [6.45, 7) is 0. The summed E-state index contributed by atoms with van der Waals surface area (Å²) < 4.78 is 5.13. The summed E-state index contributed by atoms with van der Waals surface area (Å²) in [6, 6.07) is 6.91. The summed E-state index contributed by atoms with van der Waals surface area (Å²) in [4.78, 5) is 21.5. The lowest BCUT2D eigenvalue weighted by Gasteiger charge is -1.95. The number of hydrogen-bond acceptors (Lipinski definition) is 3. The summed E-state index contributed by atoms with van der Waals surface area (Å²) in [7, 11) is 0. The van der Waals surface area contributed by atoms with Gasteiger partial charge in [0.25, 0.3) is 0 Å². The fourth-order valence-corrected chi connectivity index (χ4v) is 1.33. The van der Waals surface area contributed by atoms with Gasteiger partial charge >= 0.3 is 0 Å². The predicted molar refractivity (Wildman–Crippen MR) is 51.2 cm³/mol. The van der Waals surface area contributed by atoms with E-state index in [0.717, 1.165) is 11.0 Å². The summed E-state index contributed by atoms with van der Waals surface area (Å²) in [5.74, 6) is -0.164. The average molecular weight is 188 g/mol. The van der Waals surface area contributed by atoms with Crippen LogP contribution in [0.5, 0.6) is 0 Å². The lowest BCUT2D eigenvalue weighted by Crippen LogP contribution is -1.98. The minimum Gasteiger partial charge on any atom is -0.464 e. The molecule has 0 unspecified atom stereocenters. The molecule has 2 rings (SSSR count). The van der Waals surface area contributed by atoms with Gasteiger partial charge in [0.15, 0.2) is 5.78 Å². The van der Waals surface area contributed by atoms with Gasteiger partial charge in [-0.25, -0.2) is 0 Å². The van der Waals surface area contributed by atoms with Crippen LogP contribution in [0.2, 0.25) is 0 Å². The number of benzene rings is 1. The van der Waals surface area contributed by atoms with Crippen LogP contribution in [-0.2, 0) is 4.79 Å². The molecule has 0 aliphatic heterocycles. The molecule has 0 saturated heterocycles. The van der Waals surface area contributed by atoms with E-state index in [1.165, 1.54) is 0 Å². The molecule has 0 amide bonds. The molecule has 0 aliphatic carbocycles. The molecule has 0 bridgehead atoms. The SMILES string of the molecule is O=CCC(=O)c1ccc2occc2c1. The number of ketones is 1. The van der Waals surface area contributed by atoms with Crippen molar-refractivity contribution < 1.29 is 14.0 Å². The highest BCUT2D eigenvalue weighted by atomic mass is 16.3. The zero-order chi connectivity index (χ0) is 9.97. The molecular weight excluding hydrogens is 180 g/mol. The summed E-state index contributed by atoms with van der Waals surface area (Å²) in [5, 5.41) is 0.877. The Morgan fingerprint density at radius 2 is 2.21 bits per heavy atom. The molecule has 2 aromatic rings. The molecule has 0 N–H and O–H groups in total. The molecule has 0 saturated carbocycles. The van der Waals surface area contributed by atoms with Gasteiger partial charge in [0.2, 0.25) is 0 Å². The number of hydrogen-bond donors (Lipinski definition) is 0. The van der Waals surface area contributed by atoms with Gasteiger partial charge in [-0.05, 0) is 24.3 Å². The Morgan fingerprint density at radius 3 is 3.00 bits per heavy atom. The van der Waals surface area contributed by atoms with Crippen LogP contribution in [-0.4, -0.2) is 12.1 Å². The van der Waals surface area contributed by atoms with Gasteiger partial charge in [0, 0.05) is 10.9 Å². The van der Waals surface area contributed by atoms with E-state index in [4.69, 9.17) is 4.42 Å². The predicted octanol–water partition coefficient (Wildman–Crippen LogP) is 2.20. The van der Waals surface area contributed by atoms with Crippen molar-refractivity contribution in [3.63, 3.8) is 0 Å². The smallest absolute Gasteiger partial charge is 0.169 e. The van der Waals surface area contributed by atoms with Crippen LogP contribution < -0.4 is 0 Å². The Bertz CT molecular complexity index is 482. The second-order valence-corrected chi connectivity index (χ2v) is 2.97. The normalized spacial score (nSPS) is 10.3. The van der Waals surface area contributed by atoms with E-state index < -0.39 is 0 Å². The molecule has 0 atom stereocenters. The number of Topliss-reactive ketones (excluding diaryl/α,β-unsaturated/α-hetero) is 1. The Balaban J connectivity index is 2.43. The van der Waals surface area contributed by atoms with Crippen molar-refractivity contribution in [2.75, 3.05) is 0 Å². The van der Waals surface area contributed by atoms with E-state index in [2.05, 4.69) is 0 Å². The van der Waals surface area contributed by atoms with Crippen molar-refractivity contribution in [2.45, 2.75) is 6.42 Å². The van der Waals surface area contributed by atoms with Gasteiger partial charge in [-0.15, -0.1) is 0 Å². The topological polar surface area (TPSA) is 47.3 Å². The first kappa shape index (κ1) is 8.69. The molecule has 3 heteroatoms. The molecule has 1 aromatic carbocycles.